The lowest BCUT2D eigenvalue weighted by Gasteiger charge is -2.25. The number of ether oxygens (including phenoxy) is 1. The first-order chi connectivity index (χ1) is 12.0. The van der Waals surface area contributed by atoms with Crippen LogP contribution in [0.2, 0.25) is 0 Å². The van der Waals surface area contributed by atoms with Crippen LogP contribution in [-0.4, -0.2) is 16.7 Å². The Bertz CT molecular complexity index is 787. The summed E-state index contributed by atoms with van der Waals surface area (Å²) in [5.74, 6) is -0.111. The summed E-state index contributed by atoms with van der Waals surface area (Å²) < 4.78 is 45.6. The average Bonchev–Trinajstić information content (AvgIpc) is 2.48. The van der Waals surface area contributed by atoms with E-state index in [1.54, 1.807) is 13.8 Å². The first kappa shape index (κ1) is 19.4. The number of nitrogens with two attached hydrogens (primary N) is 1. The Morgan fingerprint density at radius 2 is 1.77 bits per heavy atom. The van der Waals surface area contributed by atoms with Crippen molar-refractivity contribution in [3.05, 3.63) is 53.6 Å². The van der Waals surface area contributed by atoms with Gasteiger partial charge in [0, 0.05) is 11.2 Å². The summed E-state index contributed by atoms with van der Waals surface area (Å²) in [7, 11) is 0. The maximum absolute atomic E-state index is 13.4. The topological polar surface area (TPSA) is 84.6 Å². The van der Waals surface area contributed by atoms with Gasteiger partial charge in [0.05, 0.1) is 5.56 Å². The number of rotatable bonds is 5. The first-order valence-corrected chi connectivity index (χ1v) is 7.71. The molecule has 0 aromatic heterocycles. The van der Waals surface area contributed by atoms with Gasteiger partial charge in [-0.05, 0) is 62.2 Å². The van der Waals surface area contributed by atoms with Crippen LogP contribution in [0.1, 0.15) is 25.0 Å². The summed E-state index contributed by atoms with van der Waals surface area (Å²) in [5, 5.41) is 11.1. The number of halogens is 3. The largest absolute Gasteiger partial charge is 0.465 e. The summed E-state index contributed by atoms with van der Waals surface area (Å²) in [6, 6.07) is 9.68. The molecule has 2 rings (SSSR count). The molecule has 0 aliphatic heterocycles. The van der Waals surface area contributed by atoms with Crippen LogP contribution < -0.4 is 15.8 Å². The minimum atomic E-state index is -4.62. The zero-order valence-corrected chi connectivity index (χ0v) is 14.2. The smallest absolute Gasteiger partial charge is 0.419 e. The number of anilines is 1. The normalized spacial score (nSPS) is 11.9. The van der Waals surface area contributed by atoms with E-state index in [9.17, 15) is 18.0 Å². The molecule has 0 saturated heterocycles. The molecule has 8 heteroatoms. The number of nitrogen functional groups attached to an aromatic ring is 1. The molecule has 0 saturated carbocycles. The van der Waals surface area contributed by atoms with Gasteiger partial charge in [-0.25, -0.2) is 4.79 Å². The fourth-order valence-electron chi connectivity index (χ4n) is 2.50. The molecule has 0 aliphatic carbocycles. The third-order valence-corrected chi connectivity index (χ3v) is 3.55. The van der Waals surface area contributed by atoms with Crippen molar-refractivity contribution < 1.29 is 27.8 Å². The minimum absolute atomic E-state index is 0.0878. The van der Waals surface area contributed by atoms with E-state index in [0.717, 1.165) is 6.07 Å². The summed E-state index contributed by atoms with van der Waals surface area (Å²) in [4.78, 5) is 10.8. The second-order valence-electron chi connectivity index (χ2n) is 6.49. The predicted molar refractivity (Wildman–Crippen MR) is 91.3 cm³/mol. The second-order valence-corrected chi connectivity index (χ2v) is 6.49. The van der Waals surface area contributed by atoms with Crippen molar-refractivity contribution in [2.24, 2.45) is 0 Å². The van der Waals surface area contributed by atoms with Crippen LogP contribution in [-0.2, 0) is 12.6 Å². The summed E-state index contributed by atoms with van der Waals surface area (Å²) in [5.41, 5.74) is 4.50. The van der Waals surface area contributed by atoms with Crippen LogP contribution in [0.5, 0.6) is 11.5 Å². The lowest BCUT2D eigenvalue weighted by Crippen LogP contribution is -2.44. The van der Waals surface area contributed by atoms with Crippen LogP contribution >= 0.6 is 0 Å². The monoisotopic (exact) mass is 368 g/mol. The van der Waals surface area contributed by atoms with E-state index in [1.807, 2.05) is 0 Å². The summed E-state index contributed by atoms with van der Waals surface area (Å²) >= 11 is 0. The Kier molecular flexibility index (Phi) is 5.34. The van der Waals surface area contributed by atoms with E-state index in [-0.39, 0.29) is 17.9 Å². The number of amides is 1. The van der Waals surface area contributed by atoms with Crippen molar-refractivity contribution in [1.82, 2.24) is 5.32 Å². The van der Waals surface area contributed by atoms with Gasteiger partial charge in [0.25, 0.3) is 0 Å². The number of hydrogen-bond donors (Lipinski definition) is 3. The number of benzene rings is 2. The number of carbonyl (C=O) groups is 1. The van der Waals surface area contributed by atoms with Crippen LogP contribution in [0.4, 0.5) is 23.7 Å². The summed E-state index contributed by atoms with van der Waals surface area (Å²) in [6.07, 6.45) is -5.78. The number of hydrogen-bond acceptors (Lipinski definition) is 3. The Morgan fingerprint density at radius 1 is 1.15 bits per heavy atom. The molecule has 4 N–H and O–H groups in total. The third-order valence-electron chi connectivity index (χ3n) is 3.55. The third kappa shape index (κ3) is 5.30. The SMILES string of the molecule is CC(C)(Cc1ccc(Oc2ccc(N)cc2)c(C(F)(F)F)c1)NC(=O)O. The molecule has 0 heterocycles. The van der Waals surface area contributed by atoms with E-state index in [0.29, 0.717) is 11.3 Å². The van der Waals surface area contributed by atoms with Crippen LogP contribution in [0.15, 0.2) is 42.5 Å². The Labute approximate surface area is 148 Å². The van der Waals surface area contributed by atoms with E-state index >= 15 is 0 Å². The van der Waals surface area contributed by atoms with Crippen molar-refractivity contribution in [2.45, 2.75) is 32.0 Å². The van der Waals surface area contributed by atoms with Crippen LogP contribution in [0.3, 0.4) is 0 Å². The van der Waals surface area contributed by atoms with Crippen molar-refractivity contribution in [1.29, 1.82) is 0 Å². The maximum Gasteiger partial charge on any atom is 0.419 e. The van der Waals surface area contributed by atoms with E-state index in [4.69, 9.17) is 15.6 Å². The van der Waals surface area contributed by atoms with Crippen molar-refractivity contribution >= 4 is 11.8 Å². The first-order valence-electron chi connectivity index (χ1n) is 7.71. The van der Waals surface area contributed by atoms with Crippen molar-refractivity contribution in [3.63, 3.8) is 0 Å². The Balaban J connectivity index is 2.32. The molecule has 0 spiro atoms. The van der Waals surface area contributed by atoms with Gasteiger partial charge in [0.15, 0.2) is 0 Å². The average molecular weight is 368 g/mol. The molecular weight excluding hydrogens is 349 g/mol. The van der Waals surface area contributed by atoms with Gasteiger partial charge >= 0.3 is 12.3 Å². The zero-order valence-electron chi connectivity index (χ0n) is 14.2. The molecular formula is C18H19F3N2O3. The predicted octanol–water partition coefficient (Wildman–Crippen LogP) is 4.67. The lowest BCUT2D eigenvalue weighted by molar-refractivity contribution is -0.138. The molecule has 0 atom stereocenters. The zero-order chi connectivity index (χ0) is 19.5. The Morgan fingerprint density at radius 3 is 2.31 bits per heavy atom. The molecule has 140 valence electrons. The highest BCUT2D eigenvalue weighted by molar-refractivity contribution is 5.65. The quantitative estimate of drug-likeness (QED) is 0.670. The molecule has 26 heavy (non-hydrogen) atoms. The van der Waals surface area contributed by atoms with Crippen molar-refractivity contribution in [3.8, 4) is 11.5 Å². The molecule has 2 aromatic carbocycles. The fourth-order valence-corrected chi connectivity index (χ4v) is 2.50. The molecule has 0 unspecified atom stereocenters. The minimum Gasteiger partial charge on any atom is -0.465 e. The highest BCUT2D eigenvalue weighted by Crippen LogP contribution is 2.39. The number of carboxylic acid groups (broad SMARTS) is 1. The van der Waals surface area contributed by atoms with Gasteiger partial charge in [0.2, 0.25) is 0 Å². The second kappa shape index (κ2) is 7.15. The standard InChI is InChI=1S/C18H19F3N2O3/c1-17(2,23-16(24)25)10-11-3-8-15(14(9-11)18(19,20)21)26-13-6-4-12(22)5-7-13/h3-9,23H,10,22H2,1-2H3,(H,24,25). The number of nitrogens with one attached hydrogen (secondary N) is 1. The highest BCUT2D eigenvalue weighted by Gasteiger charge is 2.35. The fraction of sp³-hybridized carbons (Fsp3) is 0.278. The maximum atomic E-state index is 13.4. The van der Waals surface area contributed by atoms with Gasteiger partial charge in [-0.15, -0.1) is 0 Å². The molecule has 5 nitrogen and oxygen atoms in total. The number of alkyl halides is 3. The molecule has 1 amide bonds. The van der Waals surface area contributed by atoms with Gasteiger partial charge in [0.1, 0.15) is 11.5 Å². The van der Waals surface area contributed by atoms with E-state index < -0.39 is 23.4 Å². The lowest BCUT2D eigenvalue weighted by atomic mass is 9.94. The van der Waals surface area contributed by atoms with E-state index in [2.05, 4.69) is 5.32 Å². The Hall–Kier alpha value is -2.90. The van der Waals surface area contributed by atoms with Crippen LogP contribution in [0.25, 0.3) is 0 Å². The summed E-state index contributed by atoms with van der Waals surface area (Å²) in [6.45, 7) is 3.18. The molecule has 0 aliphatic rings. The van der Waals surface area contributed by atoms with Gasteiger partial charge < -0.3 is 20.9 Å². The molecule has 0 radical (unpaired) electrons. The van der Waals surface area contributed by atoms with Gasteiger partial charge in [-0.1, -0.05) is 6.07 Å². The molecule has 0 bridgehead atoms. The molecule has 2 aromatic rings. The van der Waals surface area contributed by atoms with Crippen LogP contribution in [0, 0.1) is 0 Å². The highest BCUT2D eigenvalue weighted by atomic mass is 19.4. The van der Waals surface area contributed by atoms with Crippen molar-refractivity contribution in [2.75, 3.05) is 5.73 Å². The molecule has 0 fully saturated rings. The van der Waals surface area contributed by atoms with Gasteiger partial charge in [-0.2, -0.15) is 13.2 Å². The van der Waals surface area contributed by atoms with Gasteiger partial charge in [-0.3, -0.25) is 0 Å². The van der Waals surface area contributed by atoms with E-state index in [1.165, 1.54) is 36.4 Å².